The molecule has 126 valence electrons. The second-order valence-corrected chi connectivity index (χ2v) is 5.32. The molecule has 8 heteroatoms. The van der Waals surface area contributed by atoms with Gasteiger partial charge in [-0.3, -0.25) is 10.1 Å². The Morgan fingerprint density at radius 3 is 2.25 bits per heavy atom. The standard InChI is InChI=1S/C16H13F3N2O3/c17-16(18,19)14-13(24-11-5-2-1-3-6-11)8-7-12(21(22)23)15(14)20-9-4-10-20/h1-3,5-8H,4,9-10H2. The van der Waals surface area contributed by atoms with E-state index in [1.165, 1.54) is 17.0 Å². The van der Waals surface area contributed by atoms with Crippen molar-refractivity contribution in [2.75, 3.05) is 18.0 Å². The van der Waals surface area contributed by atoms with Gasteiger partial charge in [-0.1, -0.05) is 18.2 Å². The monoisotopic (exact) mass is 338 g/mol. The predicted octanol–water partition coefficient (Wildman–Crippen LogP) is 4.62. The zero-order valence-corrected chi connectivity index (χ0v) is 12.4. The molecule has 2 aromatic carbocycles. The maximum absolute atomic E-state index is 13.6. The van der Waals surface area contributed by atoms with Crippen LogP contribution in [0, 0.1) is 10.1 Å². The molecule has 0 spiro atoms. The first-order valence-corrected chi connectivity index (χ1v) is 7.24. The normalized spacial score (nSPS) is 14.2. The lowest BCUT2D eigenvalue weighted by Crippen LogP contribution is -2.39. The fraction of sp³-hybridized carbons (Fsp3) is 0.250. The molecule has 1 saturated heterocycles. The maximum Gasteiger partial charge on any atom is 0.422 e. The number of para-hydroxylation sites is 1. The molecule has 0 aromatic heterocycles. The number of rotatable bonds is 4. The minimum Gasteiger partial charge on any atom is -0.457 e. The van der Waals surface area contributed by atoms with Crippen LogP contribution in [-0.4, -0.2) is 18.0 Å². The van der Waals surface area contributed by atoms with E-state index in [9.17, 15) is 23.3 Å². The topological polar surface area (TPSA) is 55.6 Å². The van der Waals surface area contributed by atoms with Gasteiger partial charge in [-0.15, -0.1) is 0 Å². The number of hydrogen-bond acceptors (Lipinski definition) is 4. The molecule has 24 heavy (non-hydrogen) atoms. The van der Waals surface area contributed by atoms with E-state index < -0.39 is 33.8 Å². The van der Waals surface area contributed by atoms with E-state index in [-0.39, 0.29) is 5.75 Å². The van der Waals surface area contributed by atoms with Crippen LogP contribution in [0.3, 0.4) is 0 Å². The summed E-state index contributed by atoms with van der Waals surface area (Å²) in [5.74, 6) is -0.215. The average molecular weight is 338 g/mol. The van der Waals surface area contributed by atoms with Gasteiger partial charge in [0.25, 0.3) is 5.69 Å². The quantitative estimate of drug-likeness (QED) is 0.603. The van der Waals surface area contributed by atoms with E-state index in [0.717, 1.165) is 12.1 Å². The number of benzene rings is 2. The average Bonchev–Trinajstić information content (AvgIpc) is 2.45. The lowest BCUT2D eigenvalue weighted by molar-refractivity contribution is -0.384. The first kappa shape index (κ1) is 16.1. The van der Waals surface area contributed by atoms with Gasteiger partial charge in [0.15, 0.2) is 0 Å². The molecule has 0 atom stereocenters. The van der Waals surface area contributed by atoms with Crippen LogP contribution in [0.5, 0.6) is 11.5 Å². The number of nitro benzene ring substituents is 1. The highest BCUT2D eigenvalue weighted by Crippen LogP contribution is 2.49. The Bertz CT molecular complexity index is 759. The van der Waals surface area contributed by atoms with Crippen molar-refractivity contribution < 1.29 is 22.8 Å². The lowest BCUT2D eigenvalue weighted by atomic mass is 10.0. The van der Waals surface area contributed by atoms with Crippen molar-refractivity contribution in [2.45, 2.75) is 12.6 Å². The van der Waals surface area contributed by atoms with Gasteiger partial charge in [0.05, 0.1) is 4.92 Å². The van der Waals surface area contributed by atoms with Crippen molar-refractivity contribution >= 4 is 11.4 Å². The first-order valence-electron chi connectivity index (χ1n) is 7.24. The van der Waals surface area contributed by atoms with Crippen molar-refractivity contribution in [2.24, 2.45) is 0 Å². The van der Waals surface area contributed by atoms with Crippen molar-refractivity contribution in [3.63, 3.8) is 0 Å². The summed E-state index contributed by atoms with van der Waals surface area (Å²) >= 11 is 0. The number of hydrogen-bond donors (Lipinski definition) is 0. The summed E-state index contributed by atoms with van der Waals surface area (Å²) in [6.07, 6.45) is -4.08. The van der Waals surface area contributed by atoms with Crippen LogP contribution in [0.15, 0.2) is 42.5 Å². The van der Waals surface area contributed by atoms with Gasteiger partial charge < -0.3 is 9.64 Å². The highest BCUT2D eigenvalue weighted by Gasteiger charge is 2.43. The zero-order valence-electron chi connectivity index (χ0n) is 12.4. The number of nitrogens with zero attached hydrogens (tertiary/aromatic N) is 2. The molecule has 1 heterocycles. The molecule has 1 aliphatic heterocycles. The van der Waals surface area contributed by atoms with Gasteiger partial charge in [0.2, 0.25) is 0 Å². The van der Waals surface area contributed by atoms with E-state index in [1.54, 1.807) is 18.2 Å². The lowest BCUT2D eigenvalue weighted by Gasteiger charge is -2.34. The Morgan fingerprint density at radius 2 is 1.75 bits per heavy atom. The Hall–Kier alpha value is -2.77. The van der Waals surface area contributed by atoms with Gasteiger partial charge >= 0.3 is 6.18 Å². The van der Waals surface area contributed by atoms with Gasteiger partial charge in [-0.2, -0.15) is 13.2 Å². The van der Waals surface area contributed by atoms with Gasteiger partial charge in [0, 0.05) is 19.2 Å². The summed E-state index contributed by atoms with van der Waals surface area (Å²) in [6.45, 7) is 0.692. The molecule has 3 rings (SSSR count). The van der Waals surface area contributed by atoms with Gasteiger partial charge in [-0.25, -0.2) is 0 Å². The summed E-state index contributed by atoms with van der Waals surface area (Å²) in [7, 11) is 0. The van der Waals surface area contributed by atoms with E-state index in [4.69, 9.17) is 4.74 Å². The van der Waals surface area contributed by atoms with E-state index in [1.807, 2.05) is 0 Å². The number of halogens is 3. The third kappa shape index (κ3) is 2.99. The molecule has 1 aliphatic rings. The zero-order chi connectivity index (χ0) is 17.3. The van der Waals surface area contributed by atoms with Gasteiger partial charge in [-0.05, 0) is 24.6 Å². The van der Waals surface area contributed by atoms with Crippen LogP contribution < -0.4 is 9.64 Å². The summed E-state index contributed by atoms with van der Waals surface area (Å²) in [4.78, 5) is 11.7. The molecule has 0 bridgehead atoms. The number of nitro groups is 1. The molecule has 5 nitrogen and oxygen atoms in total. The van der Waals surface area contributed by atoms with E-state index in [2.05, 4.69) is 0 Å². The first-order chi connectivity index (χ1) is 11.4. The third-order valence-corrected chi connectivity index (χ3v) is 3.74. The van der Waals surface area contributed by atoms with Crippen LogP contribution in [0.1, 0.15) is 12.0 Å². The molecular formula is C16H13F3N2O3. The second kappa shape index (κ2) is 6.03. The van der Waals surface area contributed by atoms with E-state index in [0.29, 0.717) is 19.5 Å². The Balaban J connectivity index is 2.16. The molecular weight excluding hydrogens is 325 g/mol. The second-order valence-electron chi connectivity index (χ2n) is 5.32. The van der Waals surface area contributed by atoms with Crippen molar-refractivity contribution in [3.05, 3.63) is 58.1 Å². The summed E-state index contributed by atoms with van der Waals surface area (Å²) in [6, 6.07) is 10.1. The van der Waals surface area contributed by atoms with Crippen molar-refractivity contribution in [1.82, 2.24) is 0 Å². The highest BCUT2D eigenvalue weighted by atomic mass is 19.4. The third-order valence-electron chi connectivity index (χ3n) is 3.74. The fourth-order valence-corrected chi connectivity index (χ4v) is 2.54. The van der Waals surface area contributed by atoms with Crippen molar-refractivity contribution in [3.8, 4) is 11.5 Å². The number of anilines is 1. The molecule has 0 radical (unpaired) electrons. The minimum absolute atomic E-state index is 0.228. The summed E-state index contributed by atoms with van der Waals surface area (Å²) in [5.41, 5.74) is -2.10. The summed E-state index contributed by atoms with van der Waals surface area (Å²) in [5, 5.41) is 11.2. The minimum atomic E-state index is -4.78. The van der Waals surface area contributed by atoms with Crippen LogP contribution in [0.25, 0.3) is 0 Å². The molecule has 0 aliphatic carbocycles. The van der Waals surface area contributed by atoms with Crippen molar-refractivity contribution in [1.29, 1.82) is 0 Å². The van der Waals surface area contributed by atoms with Crippen LogP contribution in [-0.2, 0) is 6.18 Å². The SMILES string of the molecule is O=[N+]([O-])c1ccc(Oc2ccccc2)c(C(F)(F)F)c1N1CCC1. The summed E-state index contributed by atoms with van der Waals surface area (Å²) < 4.78 is 46.3. The largest absolute Gasteiger partial charge is 0.457 e. The number of alkyl halides is 3. The Labute approximate surface area is 135 Å². The smallest absolute Gasteiger partial charge is 0.422 e. The fourth-order valence-electron chi connectivity index (χ4n) is 2.54. The maximum atomic E-state index is 13.6. The molecule has 0 N–H and O–H groups in total. The molecule has 2 aromatic rings. The molecule has 1 fully saturated rings. The molecule has 0 amide bonds. The van der Waals surface area contributed by atoms with Crippen LogP contribution in [0.4, 0.5) is 24.5 Å². The Kier molecular flexibility index (Phi) is 4.04. The molecule has 0 unspecified atom stereocenters. The number of ether oxygens (including phenoxy) is 1. The van der Waals surface area contributed by atoms with Crippen LogP contribution in [0.2, 0.25) is 0 Å². The highest BCUT2D eigenvalue weighted by molar-refractivity contribution is 5.73. The van der Waals surface area contributed by atoms with Gasteiger partial charge in [0.1, 0.15) is 22.7 Å². The predicted molar refractivity (Wildman–Crippen MR) is 81.4 cm³/mol. The Morgan fingerprint density at radius 1 is 1.08 bits per heavy atom. The molecule has 0 saturated carbocycles. The van der Waals surface area contributed by atoms with Crippen LogP contribution >= 0.6 is 0 Å². The van der Waals surface area contributed by atoms with E-state index >= 15 is 0 Å².